The summed E-state index contributed by atoms with van der Waals surface area (Å²) in [7, 11) is 0. The second-order valence-corrected chi connectivity index (χ2v) is 12.8. The van der Waals surface area contributed by atoms with Gasteiger partial charge in [0.15, 0.2) is 0 Å². The first-order chi connectivity index (χ1) is 11.2. The van der Waals surface area contributed by atoms with Crippen molar-refractivity contribution in [2.45, 2.75) is 13.8 Å². The quantitative estimate of drug-likeness (QED) is 0.622. The molecule has 0 nitrogen and oxygen atoms in total. The van der Waals surface area contributed by atoms with Crippen molar-refractivity contribution in [1.29, 1.82) is 0 Å². The Bertz CT molecular complexity index is 673. The topological polar surface area (TPSA) is 0 Å². The summed E-state index contributed by atoms with van der Waals surface area (Å²) in [5.74, 6) is 0. The molecule has 0 amide bonds. The van der Waals surface area contributed by atoms with E-state index in [9.17, 15) is 0 Å². The van der Waals surface area contributed by atoms with Gasteiger partial charge in [-0.05, 0) is 0 Å². The van der Waals surface area contributed by atoms with Crippen molar-refractivity contribution in [2.75, 3.05) is 0 Å². The monoisotopic (exact) mass is 361 g/mol. The van der Waals surface area contributed by atoms with Gasteiger partial charge in [-0.25, -0.2) is 0 Å². The molecule has 0 N–H and O–H groups in total. The van der Waals surface area contributed by atoms with Crippen LogP contribution >= 0.6 is 0 Å². The van der Waals surface area contributed by atoms with Crippen LogP contribution in [0.1, 0.15) is 13.8 Å². The summed E-state index contributed by atoms with van der Waals surface area (Å²) in [5.41, 5.74) is 1.38. The predicted molar refractivity (Wildman–Crippen MR) is 103 cm³/mol. The Morgan fingerprint density at radius 1 is 0.565 bits per heavy atom. The molecule has 0 unspecified atom stereocenters. The van der Waals surface area contributed by atoms with E-state index >= 15 is 0 Å². The van der Waals surface area contributed by atoms with E-state index in [4.69, 9.17) is 0 Å². The van der Waals surface area contributed by atoms with Crippen LogP contribution in [0.15, 0.2) is 101 Å². The van der Waals surface area contributed by atoms with Gasteiger partial charge < -0.3 is 0 Å². The fraction of sp³-hybridized carbons (Fsp3) is 0.0909. The van der Waals surface area contributed by atoms with E-state index in [2.05, 4.69) is 110 Å². The molecule has 0 saturated heterocycles. The van der Waals surface area contributed by atoms with Crippen LogP contribution in [0.3, 0.4) is 0 Å². The molecule has 0 aliphatic heterocycles. The normalized spacial score (nSPS) is 11.0. The Labute approximate surface area is 142 Å². The molecule has 3 rings (SSSR count). The molecule has 0 aromatic heterocycles. The van der Waals surface area contributed by atoms with E-state index < -0.39 is 13.6 Å². The number of allylic oxidation sites excluding steroid dienone is 1. The average molecular weight is 361 g/mol. The van der Waals surface area contributed by atoms with Gasteiger partial charge in [0.25, 0.3) is 0 Å². The number of hydrogen-bond donors (Lipinski definition) is 0. The zero-order valence-electron chi connectivity index (χ0n) is 13.7. The van der Waals surface area contributed by atoms with Crippen LogP contribution in [0.5, 0.6) is 0 Å². The summed E-state index contributed by atoms with van der Waals surface area (Å²) in [6.07, 6.45) is 0. The number of rotatable bonds is 4. The molecule has 0 saturated carbocycles. The van der Waals surface area contributed by atoms with Gasteiger partial charge in [0.2, 0.25) is 0 Å². The van der Waals surface area contributed by atoms with Gasteiger partial charge in [-0.15, -0.1) is 0 Å². The van der Waals surface area contributed by atoms with E-state index in [0.717, 1.165) is 0 Å². The third kappa shape index (κ3) is 3.18. The van der Waals surface area contributed by atoms with E-state index in [1.165, 1.54) is 18.6 Å². The number of hydrogen-bond acceptors (Lipinski definition) is 0. The Hall–Kier alpha value is -2.04. The van der Waals surface area contributed by atoms with Crippen molar-refractivity contribution < 1.29 is 0 Å². The first kappa shape index (κ1) is 15.8. The van der Waals surface area contributed by atoms with Crippen molar-refractivity contribution in [2.24, 2.45) is 0 Å². The molecule has 0 bridgehead atoms. The minimum absolute atomic E-state index is 1.38. The van der Waals surface area contributed by atoms with Crippen LogP contribution in [0, 0.1) is 0 Å². The maximum atomic E-state index is 2.55. The predicted octanol–water partition coefficient (Wildman–Crippen LogP) is 3.66. The molecule has 114 valence electrons. The van der Waals surface area contributed by atoms with Crippen molar-refractivity contribution >= 4 is 26.6 Å². The summed E-state index contributed by atoms with van der Waals surface area (Å²) in [4.78, 5) is 2.55. The van der Waals surface area contributed by atoms with Crippen LogP contribution in [-0.4, -0.2) is 13.6 Å². The van der Waals surface area contributed by atoms with Crippen molar-refractivity contribution in [3.05, 3.63) is 101 Å². The van der Waals surface area contributed by atoms with Crippen LogP contribution in [0.4, 0.5) is 0 Å². The maximum absolute atomic E-state index is 2.60. The molecule has 0 atom stereocenters. The fourth-order valence-corrected chi connectivity index (χ4v) is 11.5. The Kier molecular flexibility index (Phi) is 4.84. The summed E-state index contributed by atoms with van der Waals surface area (Å²) in [5, 5.41) is 0. The van der Waals surface area contributed by atoms with Crippen LogP contribution in [-0.2, 0) is 0 Å². The second-order valence-electron chi connectivity index (χ2n) is 5.94. The van der Waals surface area contributed by atoms with Gasteiger partial charge in [-0.3, -0.25) is 0 Å². The van der Waals surface area contributed by atoms with E-state index in [1.807, 2.05) is 0 Å². The zero-order chi connectivity index (χ0) is 16.1. The van der Waals surface area contributed by atoms with E-state index in [0.29, 0.717) is 0 Å². The molecule has 0 fully saturated rings. The SMILES string of the molecule is CC(C)=C[As+](c1ccccc1)(c1ccccc1)c1ccccc1. The van der Waals surface area contributed by atoms with E-state index in [1.54, 1.807) is 0 Å². The minimum atomic E-state index is -2.60. The Morgan fingerprint density at radius 3 is 1.13 bits per heavy atom. The molecule has 0 heterocycles. The summed E-state index contributed by atoms with van der Waals surface area (Å²) < 4.78 is 4.39. The Morgan fingerprint density at radius 2 is 0.870 bits per heavy atom. The molecule has 1 heteroatoms. The second kappa shape index (κ2) is 7.02. The third-order valence-corrected chi connectivity index (χ3v) is 12.8. The van der Waals surface area contributed by atoms with E-state index in [-0.39, 0.29) is 0 Å². The van der Waals surface area contributed by atoms with Gasteiger partial charge in [0, 0.05) is 0 Å². The van der Waals surface area contributed by atoms with Gasteiger partial charge in [0.05, 0.1) is 0 Å². The van der Waals surface area contributed by atoms with Gasteiger partial charge in [0.1, 0.15) is 0 Å². The standard InChI is InChI=1S/C22H22As/c1-19(2)18-23(20-12-6-3-7-13-20,21-14-8-4-9-15-21)22-16-10-5-11-17-22/h3-18H,1-2H3/q+1. The molecule has 0 aliphatic rings. The van der Waals surface area contributed by atoms with Crippen molar-refractivity contribution in [3.63, 3.8) is 0 Å². The summed E-state index contributed by atoms with van der Waals surface area (Å²) in [6, 6.07) is 33.1. The van der Waals surface area contributed by atoms with Crippen LogP contribution in [0.25, 0.3) is 0 Å². The molecular formula is C22H22As+. The molecule has 0 radical (unpaired) electrons. The Balaban J connectivity index is 2.38. The van der Waals surface area contributed by atoms with Crippen LogP contribution in [0.2, 0.25) is 0 Å². The average Bonchev–Trinajstić information content (AvgIpc) is 2.62. The molecule has 3 aromatic carbocycles. The third-order valence-electron chi connectivity index (χ3n) is 3.94. The van der Waals surface area contributed by atoms with Gasteiger partial charge in [-0.2, -0.15) is 0 Å². The molecule has 0 aliphatic carbocycles. The fourth-order valence-electron chi connectivity index (χ4n) is 3.05. The molecule has 0 spiro atoms. The van der Waals surface area contributed by atoms with Gasteiger partial charge in [-0.1, -0.05) is 0 Å². The van der Waals surface area contributed by atoms with Gasteiger partial charge >= 0.3 is 142 Å². The van der Waals surface area contributed by atoms with Crippen LogP contribution < -0.4 is 13.1 Å². The first-order valence-corrected chi connectivity index (χ1v) is 11.8. The summed E-state index contributed by atoms with van der Waals surface area (Å²) in [6.45, 7) is 4.43. The zero-order valence-corrected chi connectivity index (χ0v) is 15.6. The molecule has 3 aromatic rings. The first-order valence-electron chi connectivity index (χ1n) is 7.95. The summed E-state index contributed by atoms with van der Waals surface area (Å²) >= 11 is -2.60. The number of benzene rings is 3. The van der Waals surface area contributed by atoms with Crippen molar-refractivity contribution in [1.82, 2.24) is 0 Å². The molecular weight excluding hydrogens is 339 g/mol. The van der Waals surface area contributed by atoms with Crippen molar-refractivity contribution in [3.8, 4) is 0 Å². The molecule has 23 heavy (non-hydrogen) atoms.